The lowest BCUT2D eigenvalue weighted by molar-refractivity contribution is 0.0599. The van der Waals surface area contributed by atoms with Crippen LogP contribution in [0.1, 0.15) is 44.6 Å². The van der Waals surface area contributed by atoms with E-state index < -0.39 is 16.0 Å². The zero-order valence-electron chi connectivity index (χ0n) is 17.9. The number of nitrogens with zero attached hydrogens (tertiary/aromatic N) is 2. The van der Waals surface area contributed by atoms with Crippen molar-refractivity contribution in [2.45, 2.75) is 20.3 Å². The molecule has 0 radical (unpaired) electrons. The van der Waals surface area contributed by atoms with E-state index in [4.69, 9.17) is 4.74 Å². The van der Waals surface area contributed by atoms with Crippen LogP contribution in [-0.4, -0.2) is 67.8 Å². The van der Waals surface area contributed by atoms with E-state index in [9.17, 15) is 18.0 Å². The van der Waals surface area contributed by atoms with Crippen LogP contribution in [0.3, 0.4) is 0 Å². The fourth-order valence-corrected chi connectivity index (χ4v) is 4.81. The molecule has 0 unspecified atom stereocenters. The van der Waals surface area contributed by atoms with Gasteiger partial charge in [-0.05, 0) is 30.5 Å². The number of amides is 1. The molecule has 0 saturated carbocycles. The molecule has 0 spiro atoms. The first-order valence-corrected chi connectivity index (χ1v) is 11.6. The molecule has 1 saturated heterocycles. The van der Waals surface area contributed by atoms with Crippen molar-refractivity contribution in [3.8, 4) is 0 Å². The highest BCUT2D eigenvalue weighted by atomic mass is 32.2. The highest BCUT2D eigenvalue weighted by Gasteiger charge is 2.31. The molecule has 1 aromatic carbocycles. The highest BCUT2D eigenvalue weighted by Crippen LogP contribution is 2.22. The smallest absolute Gasteiger partial charge is 0.339 e. The second-order valence-corrected chi connectivity index (χ2v) is 9.09. The third-order valence-electron chi connectivity index (χ3n) is 5.40. The summed E-state index contributed by atoms with van der Waals surface area (Å²) in [5, 5.41) is 1.20. The van der Waals surface area contributed by atoms with Crippen molar-refractivity contribution in [1.82, 2.24) is 14.2 Å². The Labute approximate surface area is 182 Å². The lowest BCUT2D eigenvalue weighted by atomic mass is 10.1. The minimum absolute atomic E-state index is 0.206. The first-order chi connectivity index (χ1) is 14.8. The average molecular weight is 446 g/mol. The molecule has 1 aliphatic rings. The highest BCUT2D eigenvalue weighted by molar-refractivity contribution is 7.92. The zero-order valence-corrected chi connectivity index (χ0v) is 18.7. The summed E-state index contributed by atoms with van der Waals surface area (Å²) in [4.78, 5) is 29.8. The number of carbonyl (C=O) groups excluding carboxylic acids is 2. The van der Waals surface area contributed by atoms with Gasteiger partial charge in [0.15, 0.2) is 0 Å². The molecular weight excluding hydrogens is 418 g/mol. The predicted molar refractivity (Wildman–Crippen MR) is 118 cm³/mol. The van der Waals surface area contributed by atoms with E-state index in [0.29, 0.717) is 28.9 Å². The maximum atomic E-state index is 13.0. The Morgan fingerprint density at radius 2 is 1.77 bits per heavy atom. The number of sulfonamides is 1. The molecule has 1 aliphatic heterocycles. The van der Waals surface area contributed by atoms with Gasteiger partial charge < -0.3 is 14.6 Å². The van der Waals surface area contributed by atoms with E-state index >= 15 is 0 Å². The Kier molecular flexibility index (Phi) is 6.97. The van der Waals surface area contributed by atoms with E-state index in [1.807, 2.05) is 37.3 Å². The van der Waals surface area contributed by atoms with Gasteiger partial charge in [-0.3, -0.25) is 4.79 Å². The molecule has 0 atom stereocenters. The number of nitrogens with one attached hydrogen (secondary N) is 1. The molecule has 0 bridgehead atoms. The van der Waals surface area contributed by atoms with Crippen LogP contribution in [0.5, 0.6) is 0 Å². The molecular formula is C22H27N3O5S. The van der Waals surface area contributed by atoms with Crippen LogP contribution in [0, 0.1) is 6.92 Å². The first-order valence-electron chi connectivity index (χ1n) is 10.1. The number of ether oxygens (including phenoxy) is 1. The largest absolute Gasteiger partial charge is 0.465 e. The number of benzene rings is 1. The topological polar surface area (TPSA) is 99.8 Å². The van der Waals surface area contributed by atoms with Gasteiger partial charge in [-0.1, -0.05) is 37.3 Å². The van der Waals surface area contributed by atoms with Gasteiger partial charge in [0.1, 0.15) is 5.69 Å². The summed E-state index contributed by atoms with van der Waals surface area (Å²) in [6.45, 7) is 4.55. The van der Waals surface area contributed by atoms with Gasteiger partial charge in [0.2, 0.25) is 10.0 Å². The van der Waals surface area contributed by atoms with E-state index in [0.717, 1.165) is 5.56 Å². The zero-order chi connectivity index (χ0) is 22.6. The fraction of sp³-hybridized carbons (Fsp3) is 0.364. The van der Waals surface area contributed by atoms with E-state index in [1.165, 1.54) is 16.8 Å². The summed E-state index contributed by atoms with van der Waals surface area (Å²) >= 11 is 0. The number of aromatic nitrogens is 1. The maximum Gasteiger partial charge on any atom is 0.339 e. The summed E-state index contributed by atoms with van der Waals surface area (Å²) in [6.07, 6.45) is 2.12. The number of aromatic amines is 1. The number of carbonyl (C=O) groups is 2. The van der Waals surface area contributed by atoms with Crippen molar-refractivity contribution >= 4 is 28.0 Å². The predicted octanol–water partition coefficient (Wildman–Crippen LogP) is 2.43. The second kappa shape index (κ2) is 9.49. The van der Waals surface area contributed by atoms with Crippen molar-refractivity contribution in [1.29, 1.82) is 0 Å². The Morgan fingerprint density at radius 3 is 2.35 bits per heavy atom. The van der Waals surface area contributed by atoms with Gasteiger partial charge in [-0.25, -0.2) is 13.2 Å². The van der Waals surface area contributed by atoms with Gasteiger partial charge in [0, 0.05) is 37.3 Å². The number of methoxy groups -OCH3 is 1. The molecule has 9 heteroatoms. The lowest BCUT2D eigenvalue weighted by Gasteiger charge is -2.33. The summed E-state index contributed by atoms with van der Waals surface area (Å²) < 4.78 is 31.5. The Hall–Kier alpha value is -2.91. The third kappa shape index (κ3) is 4.88. The monoisotopic (exact) mass is 445 g/mol. The second-order valence-electron chi connectivity index (χ2n) is 7.27. The summed E-state index contributed by atoms with van der Waals surface area (Å²) in [7, 11) is -2.27. The average Bonchev–Trinajstić information content (AvgIpc) is 3.13. The number of hydrogen-bond donors (Lipinski definition) is 1. The first kappa shape index (κ1) is 22.8. The lowest BCUT2D eigenvalue weighted by Crippen LogP contribution is -2.50. The Balaban J connectivity index is 1.70. The molecule has 1 amide bonds. The van der Waals surface area contributed by atoms with Crippen LogP contribution >= 0.6 is 0 Å². The van der Waals surface area contributed by atoms with Crippen molar-refractivity contribution in [2.24, 2.45) is 0 Å². The molecule has 1 N–H and O–H groups in total. The minimum atomic E-state index is -3.58. The van der Waals surface area contributed by atoms with Gasteiger partial charge in [0.05, 0.1) is 12.7 Å². The minimum Gasteiger partial charge on any atom is -0.465 e. The van der Waals surface area contributed by atoms with Crippen LogP contribution in [0.25, 0.3) is 6.08 Å². The number of aryl methyl sites for hydroxylation is 1. The molecule has 3 rings (SSSR count). The van der Waals surface area contributed by atoms with Crippen LogP contribution < -0.4 is 0 Å². The number of H-pyrrole nitrogens is 1. The van der Waals surface area contributed by atoms with E-state index in [2.05, 4.69) is 4.98 Å². The van der Waals surface area contributed by atoms with E-state index in [1.54, 1.807) is 17.9 Å². The quantitative estimate of drug-likeness (QED) is 0.689. The maximum absolute atomic E-state index is 13.0. The standard InChI is InChI=1S/C22H27N3O5S/c1-4-18-19(22(27)30-3)16(2)20(23-18)21(26)24-11-13-25(14-12-24)31(28,29)15-10-17-8-6-5-7-9-17/h5-10,15,23H,4,11-14H2,1-3H3/b15-10+. The van der Waals surface area contributed by atoms with Crippen LogP contribution in [0.4, 0.5) is 0 Å². The molecule has 8 nitrogen and oxygen atoms in total. The Bertz CT molecular complexity index is 1080. The number of rotatable bonds is 6. The van der Waals surface area contributed by atoms with Gasteiger partial charge in [-0.2, -0.15) is 4.31 Å². The van der Waals surface area contributed by atoms with Gasteiger partial charge in [0.25, 0.3) is 5.91 Å². The van der Waals surface area contributed by atoms with Crippen molar-refractivity contribution in [2.75, 3.05) is 33.3 Å². The van der Waals surface area contributed by atoms with Crippen molar-refractivity contribution in [3.05, 3.63) is 63.8 Å². The summed E-state index contributed by atoms with van der Waals surface area (Å²) in [5.74, 6) is -0.731. The van der Waals surface area contributed by atoms with Crippen LogP contribution in [0.15, 0.2) is 35.7 Å². The molecule has 1 fully saturated rings. The SMILES string of the molecule is CCc1[nH]c(C(=O)N2CCN(S(=O)(=O)/C=C/c3ccccc3)CC2)c(C)c1C(=O)OC. The number of piperazine rings is 1. The molecule has 2 aromatic rings. The molecule has 0 aliphatic carbocycles. The Morgan fingerprint density at radius 1 is 1.13 bits per heavy atom. The third-order valence-corrected chi connectivity index (χ3v) is 6.97. The fourth-order valence-electron chi connectivity index (χ4n) is 3.63. The normalized spacial score (nSPS) is 15.4. The van der Waals surface area contributed by atoms with Gasteiger partial charge in [-0.15, -0.1) is 0 Å². The molecule has 2 heterocycles. The van der Waals surface area contributed by atoms with Crippen molar-refractivity contribution < 1.29 is 22.7 Å². The molecule has 1 aromatic heterocycles. The van der Waals surface area contributed by atoms with Crippen molar-refractivity contribution in [3.63, 3.8) is 0 Å². The molecule has 166 valence electrons. The number of hydrogen-bond acceptors (Lipinski definition) is 5. The summed E-state index contributed by atoms with van der Waals surface area (Å²) in [5.41, 5.74) is 2.74. The van der Waals surface area contributed by atoms with Gasteiger partial charge >= 0.3 is 5.97 Å². The number of esters is 1. The van der Waals surface area contributed by atoms with Crippen LogP contribution in [-0.2, 0) is 21.2 Å². The summed E-state index contributed by atoms with van der Waals surface area (Å²) in [6, 6.07) is 9.21. The molecule has 31 heavy (non-hydrogen) atoms. The van der Waals surface area contributed by atoms with E-state index in [-0.39, 0.29) is 32.1 Å². The van der Waals surface area contributed by atoms with Crippen LogP contribution in [0.2, 0.25) is 0 Å².